The van der Waals surface area contributed by atoms with Crippen LogP contribution in [-0.2, 0) is 0 Å². The molecular weight excluding hydrogens is 173 g/mol. The van der Waals surface area contributed by atoms with Gasteiger partial charge in [-0.15, -0.1) is 0 Å². The molecule has 2 N–H and O–H groups in total. The van der Waals surface area contributed by atoms with Crippen molar-refractivity contribution >= 4 is 53.7 Å². The van der Waals surface area contributed by atoms with Crippen LogP contribution in [0.1, 0.15) is 0 Å². The van der Waals surface area contributed by atoms with Crippen molar-refractivity contribution in [3.63, 3.8) is 0 Å². The van der Waals surface area contributed by atoms with E-state index in [0.29, 0.717) is 10.5 Å². The van der Waals surface area contributed by atoms with Crippen molar-refractivity contribution in [1.29, 1.82) is 0 Å². The molecule has 54 valence electrons. The Balaban J connectivity index is 0.000001000. The fourth-order valence-electron chi connectivity index (χ4n) is 0.635. The van der Waals surface area contributed by atoms with E-state index in [1.807, 2.05) is 0 Å². The summed E-state index contributed by atoms with van der Waals surface area (Å²) in [6.45, 7) is 0. The Morgan fingerprint density at radius 1 is 1.09 bits per heavy atom. The minimum absolute atomic E-state index is 0. The molecule has 0 radical (unpaired) electrons. The van der Waals surface area contributed by atoms with Gasteiger partial charge in [-0.05, 0) is 17.6 Å². The average Bonchev–Trinajstić information content (AvgIpc) is 1.88. The van der Waals surface area contributed by atoms with Crippen LogP contribution < -0.4 is 5.46 Å². The van der Waals surface area contributed by atoms with E-state index in [0.717, 1.165) is 0 Å². The molecule has 0 aliphatic heterocycles. The summed E-state index contributed by atoms with van der Waals surface area (Å²) in [5.74, 6) is 0. The van der Waals surface area contributed by atoms with E-state index in [9.17, 15) is 0 Å². The maximum absolute atomic E-state index is 8.63. The third-order valence-electron chi connectivity index (χ3n) is 1.17. The van der Waals surface area contributed by atoms with Gasteiger partial charge in [-0.2, -0.15) is 0 Å². The van der Waals surface area contributed by atoms with E-state index in [1.54, 1.807) is 24.3 Å². The molecule has 1 aromatic carbocycles. The zero-order valence-electron chi connectivity index (χ0n) is 5.16. The van der Waals surface area contributed by atoms with Gasteiger partial charge < -0.3 is 10.0 Å². The van der Waals surface area contributed by atoms with Crippen molar-refractivity contribution in [3.05, 3.63) is 29.3 Å². The quantitative estimate of drug-likeness (QED) is 0.565. The van der Waals surface area contributed by atoms with Crippen molar-refractivity contribution < 1.29 is 10.0 Å². The number of rotatable bonds is 1. The van der Waals surface area contributed by atoms with E-state index < -0.39 is 7.12 Å². The third kappa shape index (κ3) is 3.60. The molecule has 0 heterocycles. The molecule has 11 heavy (non-hydrogen) atoms. The molecule has 0 atom stereocenters. The Bertz CT molecular complexity index is 214. The molecule has 0 amide bonds. The first-order valence-electron chi connectivity index (χ1n) is 2.82. The summed E-state index contributed by atoms with van der Waals surface area (Å²) in [5.41, 5.74) is 0.449. The molecular formula is C6H7BClNaO2. The van der Waals surface area contributed by atoms with E-state index >= 15 is 0 Å². The second-order valence-electron chi connectivity index (χ2n) is 1.93. The topological polar surface area (TPSA) is 40.5 Å². The predicted molar refractivity (Wildman–Crippen MR) is 48.4 cm³/mol. The molecule has 5 heteroatoms. The summed E-state index contributed by atoms with van der Waals surface area (Å²) in [6, 6.07) is 6.34. The Morgan fingerprint density at radius 3 is 1.91 bits per heavy atom. The Morgan fingerprint density at radius 2 is 1.55 bits per heavy atom. The molecule has 0 aliphatic carbocycles. The molecule has 0 unspecified atom stereocenters. The Labute approximate surface area is 92.6 Å². The Kier molecular flexibility index (Phi) is 5.43. The second-order valence-corrected chi connectivity index (χ2v) is 2.36. The summed E-state index contributed by atoms with van der Waals surface area (Å²) in [6.07, 6.45) is 0. The number of hydrogen-bond acceptors (Lipinski definition) is 2. The van der Waals surface area contributed by atoms with Crippen LogP contribution in [-0.4, -0.2) is 46.7 Å². The van der Waals surface area contributed by atoms with Crippen molar-refractivity contribution in [1.82, 2.24) is 0 Å². The zero-order chi connectivity index (χ0) is 7.56. The standard InChI is InChI=1S/C6H6BClO2.Na.H/c8-6-3-1-5(2-4-6)7(9)10;;/h1-4,9-10H;;. The summed E-state index contributed by atoms with van der Waals surface area (Å²) >= 11 is 5.55. The van der Waals surface area contributed by atoms with Crippen LogP contribution in [0.15, 0.2) is 24.3 Å². The van der Waals surface area contributed by atoms with Gasteiger partial charge in [0.25, 0.3) is 0 Å². The third-order valence-corrected chi connectivity index (χ3v) is 1.42. The summed E-state index contributed by atoms with van der Waals surface area (Å²) < 4.78 is 0. The first kappa shape index (κ1) is 11.5. The van der Waals surface area contributed by atoms with Crippen molar-refractivity contribution in [2.75, 3.05) is 0 Å². The van der Waals surface area contributed by atoms with E-state index in [4.69, 9.17) is 21.6 Å². The summed E-state index contributed by atoms with van der Waals surface area (Å²) in [7, 11) is -1.41. The van der Waals surface area contributed by atoms with Crippen LogP contribution in [0.2, 0.25) is 5.02 Å². The molecule has 0 saturated carbocycles. The normalized spacial score (nSPS) is 8.64. The van der Waals surface area contributed by atoms with Crippen molar-refractivity contribution in [3.8, 4) is 0 Å². The van der Waals surface area contributed by atoms with Crippen LogP contribution in [0.25, 0.3) is 0 Å². The van der Waals surface area contributed by atoms with Crippen molar-refractivity contribution in [2.45, 2.75) is 0 Å². The summed E-state index contributed by atoms with van der Waals surface area (Å²) in [4.78, 5) is 0. The zero-order valence-corrected chi connectivity index (χ0v) is 5.92. The molecule has 1 aromatic rings. The fraction of sp³-hybridized carbons (Fsp3) is 0. The maximum atomic E-state index is 8.63. The van der Waals surface area contributed by atoms with Gasteiger partial charge in [0.1, 0.15) is 0 Å². The van der Waals surface area contributed by atoms with Gasteiger partial charge in [-0.25, -0.2) is 0 Å². The number of benzene rings is 1. The molecule has 0 bridgehead atoms. The van der Waals surface area contributed by atoms with E-state index in [1.165, 1.54) is 0 Å². The van der Waals surface area contributed by atoms with E-state index in [-0.39, 0.29) is 29.6 Å². The molecule has 1 rings (SSSR count). The number of halogens is 1. The first-order valence-corrected chi connectivity index (χ1v) is 3.19. The van der Waals surface area contributed by atoms with Gasteiger partial charge in [0, 0.05) is 5.02 Å². The van der Waals surface area contributed by atoms with E-state index in [2.05, 4.69) is 0 Å². The molecule has 0 spiro atoms. The summed E-state index contributed by atoms with van der Waals surface area (Å²) in [5, 5.41) is 17.8. The fourth-order valence-corrected chi connectivity index (χ4v) is 0.761. The molecule has 0 aromatic heterocycles. The van der Waals surface area contributed by atoms with Gasteiger partial charge in [0.2, 0.25) is 0 Å². The van der Waals surface area contributed by atoms with Gasteiger partial charge in [-0.1, -0.05) is 23.7 Å². The molecule has 0 aliphatic rings. The molecule has 0 saturated heterocycles. The first-order chi connectivity index (χ1) is 4.70. The van der Waals surface area contributed by atoms with Crippen LogP contribution >= 0.6 is 11.6 Å². The monoisotopic (exact) mass is 180 g/mol. The Hall–Kier alpha value is 0.495. The number of hydrogen-bond donors (Lipinski definition) is 2. The SMILES string of the molecule is OB(O)c1ccc(Cl)cc1.[NaH]. The van der Waals surface area contributed by atoms with Crippen LogP contribution in [0.4, 0.5) is 0 Å². The van der Waals surface area contributed by atoms with Crippen molar-refractivity contribution in [2.24, 2.45) is 0 Å². The molecule has 0 fully saturated rings. The van der Waals surface area contributed by atoms with Crippen LogP contribution in [0.5, 0.6) is 0 Å². The predicted octanol–water partition coefficient (Wildman–Crippen LogP) is -0.629. The second kappa shape index (κ2) is 5.20. The van der Waals surface area contributed by atoms with Gasteiger partial charge in [-0.3, -0.25) is 0 Å². The van der Waals surface area contributed by atoms with Gasteiger partial charge >= 0.3 is 36.7 Å². The average molecular weight is 180 g/mol. The minimum atomic E-state index is -1.41. The van der Waals surface area contributed by atoms with Crippen LogP contribution in [0, 0.1) is 0 Å². The molecule has 2 nitrogen and oxygen atoms in total. The van der Waals surface area contributed by atoms with Gasteiger partial charge in [0.05, 0.1) is 0 Å². The van der Waals surface area contributed by atoms with Gasteiger partial charge in [0.15, 0.2) is 0 Å². The van der Waals surface area contributed by atoms with Crippen LogP contribution in [0.3, 0.4) is 0 Å².